The van der Waals surface area contributed by atoms with Crippen LogP contribution in [0.2, 0.25) is 0 Å². The summed E-state index contributed by atoms with van der Waals surface area (Å²) in [5.41, 5.74) is 0.510. The fraction of sp³-hybridized carbons (Fsp3) is 0.906. The lowest BCUT2D eigenvalue weighted by atomic mass is 9.82. The Hall–Kier alpha value is -0.790. The Morgan fingerprint density at radius 2 is 0.971 bits per heavy atom. The molecule has 34 heavy (non-hydrogen) atoms. The highest BCUT2D eigenvalue weighted by atomic mass is 16.5. The molecule has 2 heteroatoms. The molecular weight excluding hydrogens is 416 g/mol. The van der Waals surface area contributed by atoms with Crippen LogP contribution in [0.3, 0.4) is 0 Å². The van der Waals surface area contributed by atoms with Gasteiger partial charge in [-0.05, 0) is 32.1 Å². The number of carbonyl (C=O) groups is 1. The van der Waals surface area contributed by atoms with Crippen LogP contribution in [0.1, 0.15) is 169 Å². The van der Waals surface area contributed by atoms with Gasteiger partial charge < -0.3 is 4.74 Å². The molecular formula is C32H62O2. The van der Waals surface area contributed by atoms with Crippen molar-refractivity contribution in [1.82, 2.24) is 0 Å². The maximum absolute atomic E-state index is 12.1. The average Bonchev–Trinajstić information content (AvgIpc) is 2.81. The number of ether oxygens (including phenoxy) is 1. The molecule has 0 saturated carbocycles. The summed E-state index contributed by atoms with van der Waals surface area (Å²) in [5, 5.41) is 0. The van der Waals surface area contributed by atoms with Gasteiger partial charge in [0.2, 0.25) is 0 Å². The van der Waals surface area contributed by atoms with Crippen LogP contribution < -0.4 is 0 Å². The summed E-state index contributed by atoms with van der Waals surface area (Å²) < 4.78 is 5.79. The maximum atomic E-state index is 12.1. The smallest absolute Gasteiger partial charge is 0.333 e. The van der Waals surface area contributed by atoms with E-state index >= 15 is 0 Å². The highest BCUT2D eigenvalue weighted by Crippen LogP contribution is 2.29. The molecule has 0 rings (SSSR count). The van der Waals surface area contributed by atoms with Crippen LogP contribution in [0.15, 0.2) is 12.2 Å². The van der Waals surface area contributed by atoms with Crippen molar-refractivity contribution in [2.75, 3.05) is 0 Å². The van der Waals surface area contributed by atoms with Crippen molar-refractivity contribution < 1.29 is 9.53 Å². The van der Waals surface area contributed by atoms with Gasteiger partial charge in [0.05, 0.1) is 0 Å². The first-order chi connectivity index (χ1) is 16.4. The van der Waals surface area contributed by atoms with E-state index in [1.54, 1.807) is 6.92 Å². The van der Waals surface area contributed by atoms with Gasteiger partial charge in [-0.1, -0.05) is 156 Å². The monoisotopic (exact) mass is 478 g/mol. The van der Waals surface area contributed by atoms with E-state index in [9.17, 15) is 4.79 Å². The van der Waals surface area contributed by atoms with E-state index in [-0.39, 0.29) is 12.1 Å². The van der Waals surface area contributed by atoms with Gasteiger partial charge in [0.15, 0.2) is 0 Å². The normalized spacial score (nSPS) is 14.0. The summed E-state index contributed by atoms with van der Waals surface area (Å²) in [5.74, 6) is 0.846. The molecule has 0 saturated heterocycles. The summed E-state index contributed by atoms with van der Waals surface area (Å²) in [6, 6.07) is 0. The number of unbranched alkanes of at least 4 members (excludes halogenated alkanes) is 17. The molecule has 0 fully saturated rings. The summed E-state index contributed by atoms with van der Waals surface area (Å²) in [6.45, 7) is 14.6. The highest BCUT2D eigenvalue weighted by Gasteiger charge is 2.26. The zero-order chi connectivity index (χ0) is 25.4. The zero-order valence-electron chi connectivity index (χ0n) is 24.1. The maximum Gasteiger partial charge on any atom is 0.333 e. The van der Waals surface area contributed by atoms with Crippen molar-refractivity contribution in [2.45, 2.75) is 176 Å². The van der Waals surface area contributed by atoms with Crippen molar-refractivity contribution >= 4 is 5.97 Å². The fourth-order valence-corrected chi connectivity index (χ4v) is 5.20. The van der Waals surface area contributed by atoms with Crippen LogP contribution in [0.25, 0.3) is 0 Å². The predicted octanol–water partition coefficient (Wildman–Crippen LogP) is 11.0. The molecule has 3 unspecified atom stereocenters. The molecule has 0 aromatic rings. The lowest BCUT2D eigenvalue weighted by Gasteiger charge is -2.30. The largest absolute Gasteiger partial charge is 0.459 e. The summed E-state index contributed by atoms with van der Waals surface area (Å²) >= 11 is 0. The lowest BCUT2D eigenvalue weighted by Crippen LogP contribution is -2.29. The Morgan fingerprint density at radius 3 is 1.35 bits per heavy atom. The van der Waals surface area contributed by atoms with Crippen molar-refractivity contribution in [3.05, 3.63) is 12.2 Å². The predicted molar refractivity (Wildman–Crippen MR) is 151 cm³/mol. The van der Waals surface area contributed by atoms with Crippen LogP contribution in [0.4, 0.5) is 0 Å². The van der Waals surface area contributed by atoms with Crippen LogP contribution >= 0.6 is 0 Å². The number of esters is 1. The van der Waals surface area contributed by atoms with Gasteiger partial charge in [-0.15, -0.1) is 0 Å². The standard InChI is InChI=1S/C32H62O2/c1-7-9-11-13-15-17-19-20-22-24-26-29(5)31(30(6)34-32(33)28(3)4)27-25-23-21-18-16-14-12-10-8-2/h29-31H,3,7-27H2,1-2,4-6H3. The highest BCUT2D eigenvalue weighted by molar-refractivity contribution is 5.87. The van der Waals surface area contributed by atoms with Gasteiger partial charge in [-0.2, -0.15) is 0 Å². The molecule has 3 atom stereocenters. The molecule has 0 aromatic heterocycles. The first-order valence-corrected chi connectivity index (χ1v) is 15.3. The SMILES string of the molecule is C=C(C)C(=O)OC(C)C(CCCCCCCCCCC)C(C)CCCCCCCCCCCC. The second-order valence-electron chi connectivity index (χ2n) is 11.1. The molecule has 0 bridgehead atoms. The van der Waals surface area contributed by atoms with Crippen LogP contribution in [-0.4, -0.2) is 12.1 Å². The van der Waals surface area contributed by atoms with E-state index in [4.69, 9.17) is 4.74 Å². The number of carbonyl (C=O) groups excluding carboxylic acids is 1. The van der Waals surface area contributed by atoms with E-state index in [1.807, 2.05) is 0 Å². The first kappa shape index (κ1) is 33.2. The molecule has 0 spiro atoms. The van der Waals surface area contributed by atoms with Crippen molar-refractivity contribution in [3.8, 4) is 0 Å². The van der Waals surface area contributed by atoms with Crippen LogP contribution in [0.5, 0.6) is 0 Å². The molecule has 0 heterocycles. The van der Waals surface area contributed by atoms with Gasteiger partial charge in [-0.3, -0.25) is 0 Å². The van der Waals surface area contributed by atoms with Gasteiger partial charge in [0.1, 0.15) is 6.10 Å². The minimum atomic E-state index is -0.226. The Kier molecular flexibility index (Phi) is 23.4. The minimum absolute atomic E-state index is 0.0173. The number of hydrogen-bond acceptors (Lipinski definition) is 2. The molecule has 0 aliphatic carbocycles. The summed E-state index contributed by atoms with van der Waals surface area (Å²) in [4.78, 5) is 12.1. The number of rotatable bonds is 25. The molecule has 0 aromatic carbocycles. The lowest BCUT2D eigenvalue weighted by molar-refractivity contribution is -0.147. The third-order valence-corrected chi connectivity index (χ3v) is 7.63. The summed E-state index contributed by atoms with van der Waals surface area (Å²) in [7, 11) is 0. The molecule has 2 nitrogen and oxygen atoms in total. The fourth-order valence-electron chi connectivity index (χ4n) is 5.20. The zero-order valence-corrected chi connectivity index (χ0v) is 24.1. The van der Waals surface area contributed by atoms with E-state index in [2.05, 4.69) is 34.3 Å². The van der Waals surface area contributed by atoms with Gasteiger partial charge in [-0.25, -0.2) is 4.79 Å². The molecule has 0 aliphatic heterocycles. The molecule has 0 aliphatic rings. The molecule has 0 amide bonds. The topological polar surface area (TPSA) is 26.3 Å². The van der Waals surface area contributed by atoms with Gasteiger partial charge in [0, 0.05) is 5.57 Å². The second kappa shape index (κ2) is 23.9. The van der Waals surface area contributed by atoms with E-state index in [0.29, 0.717) is 17.4 Å². The van der Waals surface area contributed by atoms with Crippen molar-refractivity contribution in [2.24, 2.45) is 11.8 Å². The van der Waals surface area contributed by atoms with Crippen molar-refractivity contribution in [1.29, 1.82) is 0 Å². The Labute approximate surface area is 215 Å². The quantitative estimate of drug-likeness (QED) is 0.0740. The van der Waals surface area contributed by atoms with Crippen molar-refractivity contribution in [3.63, 3.8) is 0 Å². The van der Waals surface area contributed by atoms with E-state index < -0.39 is 0 Å². The summed E-state index contributed by atoms with van der Waals surface area (Å²) in [6.07, 6.45) is 28.5. The molecule has 202 valence electrons. The minimum Gasteiger partial charge on any atom is -0.459 e. The average molecular weight is 479 g/mol. The Bertz CT molecular complexity index is 470. The molecule has 0 radical (unpaired) electrons. The van der Waals surface area contributed by atoms with Crippen LogP contribution in [0, 0.1) is 11.8 Å². The third-order valence-electron chi connectivity index (χ3n) is 7.63. The van der Waals surface area contributed by atoms with Gasteiger partial charge in [0.25, 0.3) is 0 Å². The van der Waals surface area contributed by atoms with Crippen LogP contribution in [-0.2, 0) is 9.53 Å². The Balaban J connectivity index is 4.24. The van der Waals surface area contributed by atoms with Gasteiger partial charge >= 0.3 is 5.97 Å². The van der Waals surface area contributed by atoms with E-state index in [0.717, 1.165) is 0 Å². The third kappa shape index (κ3) is 19.5. The first-order valence-electron chi connectivity index (χ1n) is 15.3. The van der Waals surface area contributed by atoms with E-state index in [1.165, 1.54) is 135 Å². The molecule has 0 N–H and O–H groups in total. The second-order valence-corrected chi connectivity index (χ2v) is 11.1. The number of hydrogen-bond donors (Lipinski definition) is 0. The Morgan fingerprint density at radius 1 is 0.618 bits per heavy atom.